The van der Waals surface area contributed by atoms with E-state index in [4.69, 9.17) is 4.74 Å². The lowest BCUT2D eigenvalue weighted by Gasteiger charge is -2.25. The summed E-state index contributed by atoms with van der Waals surface area (Å²) in [7, 11) is -2.35. The van der Waals surface area contributed by atoms with Crippen molar-refractivity contribution < 1.29 is 35.9 Å². The molecule has 1 fully saturated rings. The smallest absolute Gasteiger partial charge is 0.445 e. The van der Waals surface area contributed by atoms with E-state index in [1.807, 2.05) is 30.3 Å². The van der Waals surface area contributed by atoms with Crippen molar-refractivity contribution in [3.63, 3.8) is 0 Å². The van der Waals surface area contributed by atoms with Gasteiger partial charge in [0.1, 0.15) is 6.61 Å². The van der Waals surface area contributed by atoms with E-state index in [9.17, 15) is 31.2 Å². The van der Waals surface area contributed by atoms with Gasteiger partial charge in [0, 0.05) is 17.6 Å². The Morgan fingerprint density at radius 3 is 2.53 bits per heavy atom. The van der Waals surface area contributed by atoms with Crippen LogP contribution in [0.25, 0.3) is 0 Å². The third-order valence-electron chi connectivity index (χ3n) is 5.84. The maximum Gasteiger partial charge on any atom is 0.471 e. The van der Waals surface area contributed by atoms with Crippen molar-refractivity contribution >= 4 is 43.6 Å². The number of sulfonamides is 1. The SMILES string of the molecule is CNS(=O)(=O)Cc1ccc(N(CC=C[C@H]2CCCN2C(=O)OCc2ccccc2)C(=O)C(F)(F)F)c(Br)c1. The first-order valence-corrected chi connectivity index (χ1v) is 14.1. The maximum atomic E-state index is 13.4. The highest BCUT2D eigenvalue weighted by molar-refractivity contribution is 9.10. The molecule has 0 saturated carbocycles. The highest BCUT2D eigenvalue weighted by Crippen LogP contribution is 2.31. The van der Waals surface area contributed by atoms with E-state index in [2.05, 4.69) is 20.7 Å². The van der Waals surface area contributed by atoms with Gasteiger partial charge in [-0.05, 0) is 59.1 Å². The Morgan fingerprint density at radius 1 is 1.18 bits per heavy atom. The van der Waals surface area contributed by atoms with Gasteiger partial charge in [0.25, 0.3) is 0 Å². The minimum atomic E-state index is -5.14. The molecule has 0 bridgehead atoms. The largest absolute Gasteiger partial charge is 0.471 e. The Balaban J connectivity index is 1.73. The Bertz CT molecular complexity index is 1270. The molecule has 1 N–H and O–H groups in total. The summed E-state index contributed by atoms with van der Waals surface area (Å²) in [6.07, 6.45) is -1.37. The van der Waals surface area contributed by atoms with Crippen molar-refractivity contribution in [2.75, 3.05) is 25.0 Å². The minimum absolute atomic E-state index is 0.0758. The summed E-state index contributed by atoms with van der Waals surface area (Å²) in [5.74, 6) is -2.46. The second kappa shape index (κ2) is 12.8. The molecule has 1 heterocycles. The van der Waals surface area contributed by atoms with Gasteiger partial charge in [-0.2, -0.15) is 13.2 Å². The van der Waals surface area contributed by atoms with Gasteiger partial charge in [0.2, 0.25) is 10.0 Å². The number of ether oxygens (including phenoxy) is 1. The third kappa shape index (κ3) is 8.05. The molecule has 1 saturated heterocycles. The maximum absolute atomic E-state index is 13.4. The molecule has 2 aromatic carbocycles. The molecule has 3 rings (SSSR count). The molecular weight excluding hydrogens is 591 g/mol. The van der Waals surface area contributed by atoms with Crippen LogP contribution in [0.4, 0.5) is 23.7 Å². The van der Waals surface area contributed by atoms with Crippen LogP contribution in [0.2, 0.25) is 0 Å². The number of nitrogens with zero attached hydrogens (tertiary/aromatic N) is 2. The molecule has 8 nitrogen and oxygen atoms in total. The Labute approximate surface area is 227 Å². The Hall–Kier alpha value is -2.90. The van der Waals surface area contributed by atoms with E-state index >= 15 is 0 Å². The number of hydrogen-bond donors (Lipinski definition) is 1. The fourth-order valence-electron chi connectivity index (χ4n) is 3.94. The van der Waals surface area contributed by atoms with Gasteiger partial charge in [-0.3, -0.25) is 9.69 Å². The van der Waals surface area contributed by atoms with Crippen LogP contribution in [-0.2, 0) is 31.9 Å². The first-order valence-electron chi connectivity index (χ1n) is 11.6. The lowest BCUT2D eigenvalue weighted by atomic mass is 10.2. The topological polar surface area (TPSA) is 96.0 Å². The lowest BCUT2D eigenvalue weighted by molar-refractivity contribution is -0.170. The molecule has 0 aliphatic carbocycles. The van der Waals surface area contributed by atoms with Crippen LogP contribution in [0.5, 0.6) is 0 Å². The molecule has 1 aliphatic heterocycles. The summed E-state index contributed by atoms with van der Waals surface area (Å²) in [5, 5.41) is 0. The van der Waals surface area contributed by atoms with E-state index in [-0.39, 0.29) is 22.5 Å². The van der Waals surface area contributed by atoms with Crippen molar-refractivity contribution in [1.82, 2.24) is 9.62 Å². The number of benzene rings is 2. The van der Waals surface area contributed by atoms with E-state index in [0.29, 0.717) is 29.8 Å². The van der Waals surface area contributed by atoms with Crippen molar-refractivity contribution in [3.8, 4) is 0 Å². The molecule has 1 aliphatic rings. The molecule has 0 spiro atoms. The zero-order chi connectivity index (χ0) is 27.9. The highest BCUT2D eigenvalue weighted by atomic mass is 79.9. The van der Waals surface area contributed by atoms with Gasteiger partial charge in [-0.25, -0.2) is 17.9 Å². The molecule has 206 valence electrons. The van der Waals surface area contributed by atoms with Crippen LogP contribution in [0.1, 0.15) is 24.0 Å². The number of likely N-dealkylation sites (tertiary alicyclic amines) is 1. The monoisotopic (exact) mass is 617 g/mol. The van der Waals surface area contributed by atoms with Gasteiger partial charge in [-0.15, -0.1) is 0 Å². The zero-order valence-electron chi connectivity index (χ0n) is 20.4. The first-order chi connectivity index (χ1) is 17.9. The van der Waals surface area contributed by atoms with Crippen molar-refractivity contribution in [2.45, 2.75) is 37.4 Å². The van der Waals surface area contributed by atoms with E-state index in [1.54, 1.807) is 6.08 Å². The molecule has 13 heteroatoms. The number of anilines is 1. The van der Waals surface area contributed by atoms with E-state index < -0.39 is 40.8 Å². The van der Waals surface area contributed by atoms with E-state index in [1.165, 1.54) is 36.2 Å². The fourth-order valence-corrected chi connectivity index (χ4v) is 5.34. The summed E-state index contributed by atoms with van der Waals surface area (Å²) in [4.78, 5) is 26.9. The minimum Gasteiger partial charge on any atom is -0.445 e. The van der Waals surface area contributed by atoms with Crippen LogP contribution < -0.4 is 9.62 Å². The first kappa shape index (κ1) is 29.7. The number of halogens is 4. The third-order valence-corrected chi connectivity index (χ3v) is 7.81. The van der Waals surface area contributed by atoms with Crippen molar-refractivity contribution in [2.24, 2.45) is 0 Å². The second-order valence-corrected chi connectivity index (χ2v) is 11.3. The Morgan fingerprint density at radius 2 is 1.89 bits per heavy atom. The fraction of sp³-hybridized carbons (Fsp3) is 0.360. The van der Waals surface area contributed by atoms with Crippen LogP contribution in [0.3, 0.4) is 0 Å². The molecule has 0 aromatic heterocycles. The predicted molar refractivity (Wildman–Crippen MR) is 140 cm³/mol. The molecular formula is C25H27BrF3N3O5S. The number of alkyl halides is 3. The summed E-state index contributed by atoms with van der Waals surface area (Å²) in [6, 6.07) is 12.7. The zero-order valence-corrected chi connectivity index (χ0v) is 22.9. The lowest BCUT2D eigenvalue weighted by Crippen LogP contribution is -2.41. The summed E-state index contributed by atoms with van der Waals surface area (Å²) in [6.45, 7) is 0.116. The summed E-state index contributed by atoms with van der Waals surface area (Å²) < 4.78 is 71.5. The van der Waals surface area contributed by atoms with Gasteiger partial charge in [0.05, 0.1) is 17.5 Å². The standard InChI is InChI=1S/C25H27BrF3N3O5S/c1-30-38(35,36)17-19-11-12-22(21(26)15-19)32(23(33)25(27,28)29)14-6-10-20-9-5-13-31(20)24(34)37-16-18-7-3-2-4-8-18/h2-4,6-8,10-12,15,20,30H,5,9,13-14,16-17H2,1H3/t20-/m1/s1. The van der Waals surface area contributed by atoms with Crippen LogP contribution in [0.15, 0.2) is 65.2 Å². The number of nitrogens with one attached hydrogen (secondary N) is 1. The quantitative estimate of drug-likeness (QED) is 0.410. The predicted octanol–water partition coefficient (Wildman–Crippen LogP) is 4.75. The summed E-state index contributed by atoms with van der Waals surface area (Å²) >= 11 is 3.17. The number of amides is 2. The molecule has 0 unspecified atom stereocenters. The average Bonchev–Trinajstić information content (AvgIpc) is 3.34. The number of carbonyl (C=O) groups is 2. The summed E-state index contributed by atoms with van der Waals surface area (Å²) in [5.41, 5.74) is 1.07. The normalized spacial score (nSPS) is 16.1. The molecule has 2 amide bonds. The molecule has 2 aromatic rings. The molecule has 0 radical (unpaired) electrons. The number of carbonyl (C=O) groups excluding carboxylic acids is 2. The van der Waals surface area contributed by atoms with Gasteiger partial charge < -0.3 is 9.64 Å². The van der Waals surface area contributed by atoms with Gasteiger partial charge in [-0.1, -0.05) is 48.6 Å². The van der Waals surface area contributed by atoms with Crippen LogP contribution in [-0.4, -0.2) is 57.7 Å². The van der Waals surface area contributed by atoms with Crippen LogP contribution in [0, 0.1) is 0 Å². The van der Waals surface area contributed by atoms with E-state index in [0.717, 1.165) is 5.56 Å². The van der Waals surface area contributed by atoms with Gasteiger partial charge in [0.15, 0.2) is 0 Å². The molecule has 38 heavy (non-hydrogen) atoms. The van der Waals surface area contributed by atoms with Crippen molar-refractivity contribution in [3.05, 3.63) is 76.3 Å². The molecule has 1 atom stereocenters. The number of hydrogen-bond acceptors (Lipinski definition) is 5. The van der Waals surface area contributed by atoms with Crippen LogP contribution >= 0.6 is 15.9 Å². The van der Waals surface area contributed by atoms with Gasteiger partial charge >= 0.3 is 18.2 Å². The highest BCUT2D eigenvalue weighted by Gasteiger charge is 2.43. The Kier molecular flexibility index (Phi) is 9.96. The second-order valence-electron chi connectivity index (χ2n) is 8.53. The van der Waals surface area contributed by atoms with Crippen molar-refractivity contribution in [1.29, 1.82) is 0 Å². The number of rotatable bonds is 9. The average molecular weight is 618 g/mol.